The lowest BCUT2D eigenvalue weighted by Gasteiger charge is -2.22. The lowest BCUT2D eigenvalue weighted by molar-refractivity contribution is 0.0232. The van der Waals surface area contributed by atoms with E-state index in [2.05, 4.69) is 13.8 Å². The summed E-state index contributed by atoms with van der Waals surface area (Å²) in [6, 6.07) is 7.96. The van der Waals surface area contributed by atoms with Crippen LogP contribution in [0.25, 0.3) is 0 Å². The molecular formula is C12H18O2. The average molecular weight is 194 g/mol. The Labute approximate surface area is 85.5 Å². The summed E-state index contributed by atoms with van der Waals surface area (Å²) in [7, 11) is 1.72. The van der Waals surface area contributed by atoms with Gasteiger partial charge in [-0.1, -0.05) is 24.3 Å². The van der Waals surface area contributed by atoms with Crippen LogP contribution in [0.3, 0.4) is 0 Å². The highest BCUT2D eigenvalue weighted by atomic mass is 16.5. The molecule has 2 heteroatoms. The zero-order valence-electron chi connectivity index (χ0n) is 9.08. The summed E-state index contributed by atoms with van der Waals surface area (Å²) in [5, 5.41) is 8.88. The minimum atomic E-state index is -0.124. The van der Waals surface area contributed by atoms with Gasteiger partial charge in [0.25, 0.3) is 0 Å². The summed E-state index contributed by atoms with van der Waals surface area (Å²) in [6.07, 6.45) is 0.884. The van der Waals surface area contributed by atoms with Gasteiger partial charge in [-0.3, -0.25) is 0 Å². The van der Waals surface area contributed by atoms with E-state index < -0.39 is 0 Å². The molecule has 0 saturated carbocycles. The maximum atomic E-state index is 8.88. The molecule has 0 aromatic heterocycles. The van der Waals surface area contributed by atoms with Crippen LogP contribution in [0.2, 0.25) is 0 Å². The Morgan fingerprint density at radius 2 is 1.64 bits per heavy atom. The molecule has 0 spiro atoms. The lowest BCUT2D eigenvalue weighted by atomic mass is 9.98. The van der Waals surface area contributed by atoms with Crippen LogP contribution < -0.4 is 0 Å². The van der Waals surface area contributed by atoms with Crippen molar-refractivity contribution in [1.82, 2.24) is 0 Å². The Bertz CT molecular complexity index is 275. The van der Waals surface area contributed by atoms with Crippen molar-refractivity contribution in [2.24, 2.45) is 0 Å². The largest absolute Gasteiger partial charge is 0.392 e. The standard InChI is InChI=1S/C12H18O2/c1-12(2,14-3)8-10-4-6-11(9-13)7-5-10/h4-7,13H,8-9H2,1-3H3. The summed E-state index contributed by atoms with van der Waals surface area (Å²) < 4.78 is 5.35. The van der Waals surface area contributed by atoms with Crippen LogP contribution in [0.4, 0.5) is 0 Å². The second-order valence-electron chi connectivity index (χ2n) is 4.12. The van der Waals surface area contributed by atoms with Crippen molar-refractivity contribution in [3.8, 4) is 0 Å². The van der Waals surface area contributed by atoms with Crippen LogP contribution in [0.1, 0.15) is 25.0 Å². The fraction of sp³-hybridized carbons (Fsp3) is 0.500. The van der Waals surface area contributed by atoms with E-state index in [1.807, 2.05) is 24.3 Å². The number of aliphatic hydroxyl groups excluding tert-OH is 1. The van der Waals surface area contributed by atoms with Crippen molar-refractivity contribution in [3.63, 3.8) is 0 Å². The number of ether oxygens (including phenoxy) is 1. The number of methoxy groups -OCH3 is 1. The first-order valence-corrected chi connectivity index (χ1v) is 4.81. The Hall–Kier alpha value is -0.860. The van der Waals surface area contributed by atoms with Gasteiger partial charge in [0, 0.05) is 13.5 Å². The van der Waals surface area contributed by atoms with Crippen molar-refractivity contribution in [2.75, 3.05) is 7.11 Å². The lowest BCUT2D eigenvalue weighted by Crippen LogP contribution is -2.25. The molecule has 0 atom stereocenters. The minimum absolute atomic E-state index is 0.105. The van der Waals surface area contributed by atoms with Gasteiger partial charge in [-0.05, 0) is 25.0 Å². The second-order valence-corrected chi connectivity index (χ2v) is 4.12. The predicted molar refractivity (Wildman–Crippen MR) is 57.2 cm³/mol. The van der Waals surface area contributed by atoms with Crippen LogP contribution in [0, 0.1) is 0 Å². The molecule has 0 amide bonds. The average Bonchev–Trinajstić information content (AvgIpc) is 2.19. The van der Waals surface area contributed by atoms with Gasteiger partial charge in [0.1, 0.15) is 0 Å². The summed E-state index contributed by atoms with van der Waals surface area (Å²) >= 11 is 0. The van der Waals surface area contributed by atoms with E-state index in [1.165, 1.54) is 5.56 Å². The smallest absolute Gasteiger partial charge is 0.0681 e. The third-order valence-corrected chi connectivity index (χ3v) is 2.39. The van der Waals surface area contributed by atoms with Crippen molar-refractivity contribution >= 4 is 0 Å². The molecule has 14 heavy (non-hydrogen) atoms. The topological polar surface area (TPSA) is 29.5 Å². The first-order chi connectivity index (χ1) is 6.57. The van der Waals surface area contributed by atoms with Crippen molar-refractivity contribution in [2.45, 2.75) is 32.5 Å². The zero-order chi connectivity index (χ0) is 10.6. The van der Waals surface area contributed by atoms with E-state index in [9.17, 15) is 0 Å². The first-order valence-electron chi connectivity index (χ1n) is 4.81. The molecule has 78 valence electrons. The zero-order valence-corrected chi connectivity index (χ0v) is 9.08. The van der Waals surface area contributed by atoms with Crippen LogP contribution in [0.5, 0.6) is 0 Å². The quantitative estimate of drug-likeness (QED) is 0.795. The maximum absolute atomic E-state index is 8.88. The van der Waals surface area contributed by atoms with Gasteiger partial charge >= 0.3 is 0 Å². The highest BCUT2D eigenvalue weighted by Gasteiger charge is 2.16. The molecule has 1 aromatic carbocycles. The molecule has 0 unspecified atom stereocenters. The molecule has 0 saturated heterocycles. The van der Waals surface area contributed by atoms with Gasteiger partial charge in [-0.15, -0.1) is 0 Å². The van der Waals surface area contributed by atoms with Gasteiger partial charge in [-0.2, -0.15) is 0 Å². The number of hydrogen-bond donors (Lipinski definition) is 1. The molecule has 1 N–H and O–H groups in total. The van der Waals surface area contributed by atoms with Crippen LogP contribution in [0.15, 0.2) is 24.3 Å². The highest BCUT2D eigenvalue weighted by Crippen LogP contribution is 2.16. The number of benzene rings is 1. The fourth-order valence-corrected chi connectivity index (χ4v) is 1.33. The minimum Gasteiger partial charge on any atom is -0.392 e. The number of hydrogen-bond acceptors (Lipinski definition) is 2. The Morgan fingerprint density at radius 1 is 1.14 bits per heavy atom. The monoisotopic (exact) mass is 194 g/mol. The maximum Gasteiger partial charge on any atom is 0.0681 e. The van der Waals surface area contributed by atoms with E-state index in [4.69, 9.17) is 9.84 Å². The Morgan fingerprint density at radius 3 is 2.07 bits per heavy atom. The van der Waals surface area contributed by atoms with Gasteiger partial charge in [0.05, 0.1) is 12.2 Å². The Kier molecular flexibility index (Phi) is 3.67. The van der Waals surface area contributed by atoms with E-state index in [1.54, 1.807) is 7.11 Å². The van der Waals surface area contributed by atoms with E-state index in [-0.39, 0.29) is 12.2 Å². The molecule has 0 fully saturated rings. The normalized spacial score (nSPS) is 11.7. The highest BCUT2D eigenvalue weighted by molar-refractivity contribution is 5.23. The third-order valence-electron chi connectivity index (χ3n) is 2.39. The molecule has 1 rings (SSSR count). The van der Waals surface area contributed by atoms with Gasteiger partial charge in [0.2, 0.25) is 0 Å². The third kappa shape index (κ3) is 3.13. The van der Waals surface area contributed by atoms with Crippen LogP contribution >= 0.6 is 0 Å². The molecule has 2 nitrogen and oxygen atoms in total. The summed E-state index contributed by atoms with van der Waals surface area (Å²) in [4.78, 5) is 0. The van der Waals surface area contributed by atoms with Crippen LogP contribution in [-0.4, -0.2) is 17.8 Å². The molecule has 0 heterocycles. The number of aliphatic hydroxyl groups is 1. The summed E-state index contributed by atoms with van der Waals surface area (Å²) in [5.41, 5.74) is 2.05. The molecule has 0 aliphatic carbocycles. The van der Waals surface area contributed by atoms with Crippen molar-refractivity contribution in [1.29, 1.82) is 0 Å². The summed E-state index contributed by atoms with van der Waals surface area (Å²) in [6.45, 7) is 4.23. The Balaban J connectivity index is 2.69. The first kappa shape index (κ1) is 11.2. The van der Waals surface area contributed by atoms with Crippen LogP contribution in [-0.2, 0) is 17.8 Å². The van der Waals surface area contributed by atoms with Crippen molar-refractivity contribution < 1.29 is 9.84 Å². The molecular weight excluding hydrogens is 176 g/mol. The van der Waals surface area contributed by atoms with E-state index in [0.717, 1.165) is 12.0 Å². The molecule has 1 aromatic rings. The van der Waals surface area contributed by atoms with Crippen molar-refractivity contribution in [3.05, 3.63) is 35.4 Å². The molecule has 0 bridgehead atoms. The predicted octanol–water partition coefficient (Wildman–Crippen LogP) is 2.15. The molecule has 0 aliphatic rings. The number of rotatable bonds is 4. The summed E-state index contributed by atoms with van der Waals surface area (Å²) in [5.74, 6) is 0. The fourth-order valence-electron chi connectivity index (χ4n) is 1.33. The van der Waals surface area contributed by atoms with E-state index in [0.29, 0.717) is 0 Å². The second kappa shape index (κ2) is 4.58. The van der Waals surface area contributed by atoms with Gasteiger partial charge < -0.3 is 9.84 Å². The SMILES string of the molecule is COC(C)(C)Cc1ccc(CO)cc1. The van der Waals surface area contributed by atoms with Gasteiger partial charge in [-0.25, -0.2) is 0 Å². The van der Waals surface area contributed by atoms with Gasteiger partial charge in [0.15, 0.2) is 0 Å². The van der Waals surface area contributed by atoms with E-state index >= 15 is 0 Å². The molecule has 0 radical (unpaired) electrons. The molecule has 0 aliphatic heterocycles.